The van der Waals surface area contributed by atoms with Crippen molar-refractivity contribution in [2.45, 2.75) is 70.0 Å². The molecule has 2 rings (SSSR count). The second-order valence-corrected chi connectivity index (χ2v) is 8.85. The van der Waals surface area contributed by atoms with E-state index in [-0.39, 0.29) is 0 Å². The molecule has 0 amide bonds. The van der Waals surface area contributed by atoms with Gasteiger partial charge in [0.05, 0.1) is 5.25 Å². The molecule has 28 heavy (non-hydrogen) atoms. The number of nitrogens with two attached hydrogens (primary N) is 1. The van der Waals surface area contributed by atoms with Crippen LogP contribution in [0.5, 0.6) is 5.75 Å². The Bertz CT molecular complexity index is 765. The lowest BCUT2D eigenvalue weighted by atomic mass is 10.1. The molecule has 1 unspecified atom stereocenters. The fourth-order valence-electron chi connectivity index (χ4n) is 3.11. The summed E-state index contributed by atoms with van der Waals surface area (Å²) < 4.78 is 31.5. The third-order valence-corrected chi connectivity index (χ3v) is 6.08. The summed E-state index contributed by atoms with van der Waals surface area (Å²) in [5, 5.41) is 10.8. The zero-order valence-corrected chi connectivity index (χ0v) is 17.7. The largest absolute Gasteiger partial charge is 0.508 e. The molecule has 6 heteroatoms. The lowest BCUT2D eigenvalue weighted by Gasteiger charge is -2.13. The summed E-state index contributed by atoms with van der Waals surface area (Å²) in [4.78, 5) is 0. The minimum Gasteiger partial charge on any atom is -0.508 e. The van der Waals surface area contributed by atoms with E-state index in [2.05, 4.69) is 6.92 Å². The van der Waals surface area contributed by atoms with Crippen LogP contribution in [0.15, 0.2) is 42.5 Å². The quantitative estimate of drug-likeness (QED) is 0.346. The molecular weight excluding hydrogens is 374 g/mol. The van der Waals surface area contributed by atoms with Crippen molar-refractivity contribution in [1.82, 2.24) is 0 Å². The Morgan fingerprint density at radius 1 is 0.893 bits per heavy atom. The van der Waals surface area contributed by atoms with E-state index < -0.39 is 15.4 Å². The van der Waals surface area contributed by atoms with E-state index in [0.29, 0.717) is 25.1 Å². The van der Waals surface area contributed by atoms with Crippen molar-refractivity contribution in [3.8, 4) is 5.75 Å². The number of unbranched alkanes of at least 4 members (excludes halogenated alkanes) is 5. The molecule has 2 aromatic carbocycles. The van der Waals surface area contributed by atoms with E-state index in [1.807, 2.05) is 30.3 Å². The molecule has 0 saturated carbocycles. The van der Waals surface area contributed by atoms with Crippen LogP contribution in [-0.2, 0) is 10.1 Å². The van der Waals surface area contributed by atoms with Gasteiger partial charge in [0.15, 0.2) is 0 Å². The normalized spacial score (nSPS) is 12.4. The average Bonchev–Trinajstić information content (AvgIpc) is 2.66. The van der Waals surface area contributed by atoms with Crippen LogP contribution in [0, 0.1) is 0 Å². The third-order valence-electron chi connectivity index (χ3n) is 4.76. The van der Waals surface area contributed by atoms with Crippen molar-refractivity contribution >= 4 is 20.9 Å². The van der Waals surface area contributed by atoms with E-state index in [0.717, 1.165) is 55.7 Å². The number of phenolic OH excluding ortho intramolecular Hbond substituents is 1. The molecule has 0 aliphatic heterocycles. The molecule has 2 aromatic rings. The molecule has 1 atom stereocenters. The van der Waals surface area contributed by atoms with Crippen molar-refractivity contribution < 1.29 is 18.1 Å². The molecule has 0 aliphatic carbocycles. The number of benzene rings is 2. The topological polar surface area (TPSA) is 101 Å². The summed E-state index contributed by atoms with van der Waals surface area (Å²) in [6.07, 6.45) is 8.03. The van der Waals surface area contributed by atoms with E-state index in [4.69, 9.17) is 15.4 Å². The molecule has 0 radical (unpaired) electrons. The third kappa shape index (κ3) is 10.1. The van der Waals surface area contributed by atoms with Crippen molar-refractivity contribution in [2.24, 2.45) is 5.73 Å². The molecule has 0 fully saturated rings. The van der Waals surface area contributed by atoms with Crippen LogP contribution in [0.2, 0.25) is 0 Å². The minimum absolute atomic E-state index is 0.323. The van der Waals surface area contributed by atoms with E-state index in [1.54, 1.807) is 12.1 Å². The van der Waals surface area contributed by atoms with Crippen molar-refractivity contribution in [1.29, 1.82) is 0 Å². The number of hydrogen-bond donors (Lipinski definition) is 3. The van der Waals surface area contributed by atoms with Gasteiger partial charge in [-0.3, -0.25) is 4.55 Å². The highest BCUT2D eigenvalue weighted by Crippen LogP contribution is 2.19. The lowest BCUT2D eigenvalue weighted by molar-refractivity contribution is 0.444. The first-order valence-electron chi connectivity index (χ1n) is 10.2. The van der Waals surface area contributed by atoms with E-state index in [9.17, 15) is 8.42 Å². The van der Waals surface area contributed by atoms with Gasteiger partial charge in [0, 0.05) is 0 Å². The number of rotatable bonds is 11. The maximum absolute atomic E-state index is 11.2. The highest BCUT2D eigenvalue weighted by molar-refractivity contribution is 7.86. The Labute approximate surface area is 169 Å². The van der Waals surface area contributed by atoms with Gasteiger partial charge in [-0.2, -0.15) is 8.42 Å². The molecule has 0 bridgehead atoms. The predicted molar refractivity (Wildman–Crippen MR) is 117 cm³/mol. The van der Waals surface area contributed by atoms with Gasteiger partial charge < -0.3 is 10.8 Å². The van der Waals surface area contributed by atoms with Crippen LogP contribution in [0.25, 0.3) is 10.8 Å². The van der Waals surface area contributed by atoms with E-state index >= 15 is 0 Å². The van der Waals surface area contributed by atoms with Crippen LogP contribution in [0.4, 0.5) is 0 Å². The molecule has 158 valence electrons. The highest BCUT2D eigenvalue weighted by Gasteiger charge is 2.21. The Balaban J connectivity index is 0.000000302. The zero-order chi connectivity index (χ0) is 20.8. The molecular formula is C22H35NO4S. The number of fused-ring (bicyclic) bond motifs is 1. The van der Waals surface area contributed by atoms with Crippen LogP contribution >= 0.6 is 0 Å². The van der Waals surface area contributed by atoms with Crippen molar-refractivity contribution in [2.75, 3.05) is 6.54 Å². The van der Waals surface area contributed by atoms with Crippen molar-refractivity contribution in [3.05, 3.63) is 42.5 Å². The Hall–Kier alpha value is -1.63. The van der Waals surface area contributed by atoms with Gasteiger partial charge in [-0.25, -0.2) is 0 Å². The maximum atomic E-state index is 11.2. The minimum atomic E-state index is -3.87. The summed E-state index contributed by atoms with van der Waals surface area (Å²) in [6, 6.07) is 13.3. The van der Waals surface area contributed by atoms with Crippen LogP contribution in [0.1, 0.15) is 64.7 Å². The first-order chi connectivity index (χ1) is 13.4. The fraction of sp³-hybridized carbons (Fsp3) is 0.545. The second kappa shape index (κ2) is 13.5. The molecule has 0 saturated heterocycles. The molecule has 0 aromatic heterocycles. The van der Waals surface area contributed by atoms with Gasteiger partial charge >= 0.3 is 0 Å². The first-order valence-corrected chi connectivity index (χ1v) is 11.7. The van der Waals surface area contributed by atoms with Crippen LogP contribution in [-0.4, -0.2) is 29.9 Å². The summed E-state index contributed by atoms with van der Waals surface area (Å²) >= 11 is 0. The smallest absolute Gasteiger partial charge is 0.267 e. The molecule has 0 spiro atoms. The Morgan fingerprint density at radius 2 is 1.50 bits per heavy atom. The fourth-order valence-corrected chi connectivity index (χ4v) is 4.04. The standard InChI is InChI=1S/C12H27NO3S.C10H8O/c1-2-3-4-6-9-12(17(14,15)16)10-7-5-8-11-13;11-10-6-5-8-3-1-2-4-9(8)7-10/h12H,2-11,13H2,1H3,(H,14,15,16);1-7,11H. The molecule has 5 nitrogen and oxygen atoms in total. The SMILES string of the molecule is CCCCCCC(CCCCCN)S(=O)(=O)O.Oc1ccc2ccccc2c1. The molecule has 0 heterocycles. The maximum Gasteiger partial charge on any atom is 0.267 e. The summed E-state index contributed by atoms with van der Waals surface area (Å²) in [7, 11) is -3.87. The van der Waals surface area contributed by atoms with Crippen molar-refractivity contribution in [3.63, 3.8) is 0 Å². The summed E-state index contributed by atoms with van der Waals surface area (Å²) in [5.74, 6) is 0.323. The van der Waals surface area contributed by atoms with Crippen LogP contribution in [0.3, 0.4) is 0 Å². The number of hydrogen-bond acceptors (Lipinski definition) is 4. The van der Waals surface area contributed by atoms with Gasteiger partial charge in [0.2, 0.25) is 0 Å². The highest BCUT2D eigenvalue weighted by atomic mass is 32.2. The van der Waals surface area contributed by atoms with Gasteiger partial charge in [-0.15, -0.1) is 0 Å². The average molecular weight is 410 g/mol. The van der Waals surface area contributed by atoms with Gasteiger partial charge in [0.25, 0.3) is 10.1 Å². The number of phenols is 1. The Kier molecular flexibility index (Phi) is 11.8. The zero-order valence-electron chi connectivity index (χ0n) is 16.9. The molecule has 0 aliphatic rings. The van der Waals surface area contributed by atoms with Crippen LogP contribution < -0.4 is 5.73 Å². The van der Waals surface area contributed by atoms with Gasteiger partial charge in [-0.05, 0) is 48.7 Å². The Morgan fingerprint density at radius 3 is 2.07 bits per heavy atom. The lowest BCUT2D eigenvalue weighted by Crippen LogP contribution is -2.20. The summed E-state index contributed by atoms with van der Waals surface area (Å²) in [5.41, 5.74) is 5.38. The monoisotopic (exact) mass is 409 g/mol. The second-order valence-electron chi connectivity index (χ2n) is 7.16. The first kappa shape index (κ1) is 24.4. The van der Waals surface area contributed by atoms with Gasteiger partial charge in [0.1, 0.15) is 5.75 Å². The predicted octanol–water partition coefficient (Wildman–Crippen LogP) is 5.28. The number of aromatic hydroxyl groups is 1. The van der Waals surface area contributed by atoms with Gasteiger partial charge in [-0.1, -0.05) is 75.8 Å². The van der Waals surface area contributed by atoms with E-state index in [1.165, 1.54) is 0 Å². The summed E-state index contributed by atoms with van der Waals surface area (Å²) in [6.45, 7) is 2.76. The molecule has 4 N–H and O–H groups in total.